The minimum atomic E-state index is -0.906. The zero-order valence-corrected chi connectivity index (χ0v) is 16.9. The molecule has 1 aliphatic rings. The van der Waals surface area contributed by atoms with Crippen molar-refractivity contribution >= 4 is 45.5 Å². The molecule has 0 spiro atoms. The number of furan rings is 1. The van der Waals surface area contributed by atoms with Crippen LogP contribution in [0.15, 0.2) is 95.1 Å². The van der Waals surface area contributed by atoms with E-state index in [4.69, 9.17) is 16.0 Å². The standard InChI is InChI=1S/C25H16ClNO4/c26-17-12-10-16(11-13-17)23(28)21-22(20-9-4-14-31-20)27(25(30)24(21)29)19-8-3-6-15-5-1-2-7-18(15)19/h1-14,22,28H/b23-21-. The summed E-state index contributed by atoms with van der Waals surface area (Å²) in [5.41, 5.74) is 0.920. The number of aliphatic hydroxyl groups excluding tert-OH is 1. The lowest BCUT2D eigenvalue weighted by atomic mass is 9.99. The van der Waals surface area contributed by atoms with Crippen LogP contribution in [0, 0.1) is 0 Å². The van der Waals surface area contributed by atoms with Crippen LogP contribution in [0.5, 0.6) is 0 Å². The van der Waals surface area contributed by atoms with E-state index in [2.05, 4.69) is 0 Å². The molecule has 3 aromatic carbocycles. The average Bonchev–Trinajstić information content (AvgIpc) is 3.41. The molecule has 1 N–H and O–H groups in total. The number of carbonyl (C=O) groups is 2. The van der Waals surface area contributed by atoms with Crippen LogP contribution < -0.4 is 4.90 Å². The van der Waals surface area contributed by atoms with Gasteiger partial charge in [-0.25, -0.2) is 0 Å². The molecule has 1 fully saturated rings. The van der Waals surface area contributed by atoms with E-state index in [1.165, 1.54) is 11.2 Å². The van der Waals surface area contributed by atoms with E-state index in [-0.39, 0.29) is 11.3 Å². The maximum atomic E-state index is 13.2. The van der Waals surface area contributed by atoms with Gasteiger partial charge in [-0.05, 0) is 47.9 Å². The molecule has 4 aromatic rings. The number of hydrogen-bond acceptors (Lipinski definition) is 4. The molecule has 1 atom stereocenters. The van der Waals surface area contributed by atoms with Crippen molar-refractivity contribution in [2.24, 2.45) is 0 Å². The Balaban J connectivity index is 1.76. The summed E-state index contributed by atoms with van der Waals surface area (Å²) in [4.78, 5) is 27.8. The second-order valence-corrected chi connectivity index (χ2v) is 7.63. The first-order valence-electron chi connectivity index (χ1n) is 9.64. The van der Waals surface area contributed by atoms with E-state index < -0.39 is 17.7 Å². The van der Waals surface area contributed by atoms with Gasteiger partial charge in [-0.1, -0.05) is 48.0 Å². The van der Waals surface area contributed by atoms with E-state index in [0.29, 0.717) is 22.0 Å². The molecule has 31 heavy (non-hydrogen) atoms. The Morgan fingerprint density at radius 1 is 0.903 bits per heavy atom. The topological polar surface area (TPSA) is 70.8 Å². The smallest absolute Gasteiger partial charge is 0.300 e. The number of benzene rings is 3. The normalized spacial score (nSPS) is 18.1. The van der Waals surface area contributed by atoms with Crippen LogP contribution in [-0.4, -0.2) is 16.8 Å². The molecular weight excluding hydrogens is 414 g/mol. The maximum Gasteiger partial charge on any atom is 0.300 e. The van der Waals surface area contributed by atoms with Gasteiger partial charge in [-0.15, -0.1) is 0 Å². The van der Waals surface area contributed by atoms with Crippen LogP contribution in [-0.2, 0) is 9.59 Å². The Bertz CT molecular complexity index is 1330. The number of fused-ring (bicyclic) bond motifs is 1. The minimum absolute atomic E-state index is 0.0322. The van der Waals surface area contributed by atoms with E-state index in [0.717, 1.165) is 10.8 Å². The molecule has 2 heterocycles. The highest BCUT2D eigenvalue weighted by Crippen LogP contribution is 2.44. The highest BCUT2D eigenvalue weighted by atomic mass is 35.5. The number of anilines is 1. The van der Waals surface area contributed by atoms with Crippen molar-refractivity contribution in [1.29, 1.82) is 0 Å². The molecule has 5 nitrogen and oxygen atoms in total. The van der Waals surface area contributed by atoms with Crippen molar-refractivity contribution < 1.29 is 19.1 Å². The minimum Gasteiger partial charge on any atom is -0.507 e. The second kappa shape index (κ2) is 7.45. The predicted molar refractivity (Wildman–Crippen MR) is 119 cm³/mol. The number of hydrogen-bond donors (Lipinski definition) is 1. The van der Waals surface area contributed by atoms with Crippen LogP contribution in [0.1, 0.15) is 17.4 Å². The zero-order valence-electron chi connectivity index (χ0n) is 16.2. The van der Waals surface area contributed by atoms with Crippen molar-refractivity contribution in [3.05, 3.63) is 107 Å². The molecule has 0 saturated carbocycles. The molecule has 0 radical (unpaired) electrons. The number of halogens is 1. The summed E-state index contributed by atoms with van der Waals surface area (Å²) in [6.07, 6.45) is 1.47. The molecule has 152 valence electrons. The number of carbonyl (C=O) groups excluding carboxylic acids is 2. The Morgan fingerprint density at radius 3 is 2.39 bits per heavy atom. The third-order valence-electron chi connectivity index (χ3n) is 5.40. The van der Waals surface area contributed by atoms with Gasteiger partial charge in [0.15, 0.2) is 0 Å². The van der Waals surface area contributed by atoms with E-state index in [1.807, 2.05) is 36.4 Å². The number of aliphatic hydroxyl groups is 1. The van der Waals surface area contributed by atoms with Crippen molar-refractivity contribution in [2.45, 2.75) is 6.04 Å². The van der Waals surface area contributed by atoms with Crippen LogP contribution in [0.2, 0.25) is 5.02 Å². The van der Waals surface area contributed by atoms with Gasteiger partial charge in [0.25, 0.3) is 11.7 Å². The van der Waals surface area contributed by atoms with E-state index in [9.17, 15) is 14.7 Å². The molecule has 1 saturated heterocycles. The van der Waals surface area contributed by atoms with Gasteiger partial charge in [0.1, 0.15) is 17.6 Å². The van der Waals surface area contributed by atoms with Crippen molar-refractivity contribution in [2.75, 3.05) is 4.90 Å². The highest BCUT2D eigenvalue weighted by Gasteiger charge is 2.48. The predicted octanol–water partition coefficient (Wildman–Crippen LogP) is 5.71. The number of amides is 1. The van der Waals surface area contributed by atoms with Crippen LogP contribution in [0.25, 0.3) is 16.5 Å². The number of Topliss-reactive ketones (excluding diaryl/α,β-unsaturated/α-hetero) is 1. The zero-order chi connectivity index (χ0) is 21.5. The van der Waals surface area contributed by atoms with Gasteiger partial charge in [-0.3, -0.25) is 14.5 Å². The maximum absolute atomic E-state index is 13.2. The molecule has 1 aliphatic heterocycles. The monoisotopic (exact) mass is 429 g/mol. The SMILES string of the molecule is O=C1C(=O)N(c2cccc3ccccc23)C(c2ccco2)/C1=C(/O)c1ccc(Cl)cc1. The summed E-state index contributed by atoms with van der Waals surface area (Å²) in [6, 6.07) is 22.0. The molecule has 1 aromatic heterocycles. The fourth-order valence-electron chi connectivity index (χ4n) is 3.98. The van der Waals surface area contributed by atoms with Crippen molar-refractivity contribution in [1.82, 2.24) is 0 Å². The number of ketones is 1. The number of rotatable bonds is 3. The van der Waals surface area contributed by atoms with Gasteiger partial charge in [0, 0.05) is 16.0 Å². The fraction of sp³-hybridized carbons (Fsp3) is 0.0400. The Morgan fingerprint density at radius 2 is 1.65 bits per heavy atom. The van der Waals surface area contributed by atoms with Gasteiger partial charge < -0.3 is 9.52 Å². The van der Waals surface area contributed by atoms with Gasteiger partial charge in [0.2, 0.25) is 0 Å². The summed E-state index contributed by atoms with van der Waals surface area (Å²) < 4.78 is 5.60. The molecule has 0 bridgehead atoms. The summed E-state index contributed by atoms with van der Waals surface area (Å²) in [6.45, 7) is 0. The Labute approximate surface area is 182 Å². The molecule has 1 amide bonds. The molecule has 6 heteroatoms. The third kappa shape index (κ3) is 3.10. The quantitative estimate of drug-likeness (QED) is 0.257. The fourth-order valence-corrected chi connectivity index (χ4v) is 4.10. The van der Waals surface area contributed by atoms with Gasteiger partial charge >= 0.3 is 0 Å². The van der Waals surface area contributed by atoms with Crippen LogP contribution >= 0.6 is 11.6 Å². The summed E-state index contributed by atoms with van der Waals surface area (Å²) in [5, 5.41) is 13.3. The lowest BCUT2D eigenvalue weighted by molar-refractivity contribution is -0.132. The van der Waals surface area contributed by atoms with Crippen molar-refractivity contribution in [3.8, 4) is 0 Å². The van der Waals surface area contributed by atoms with Gasteiger partial charge in [0.05, 0.1) is 17.5 Å². The largest absolute Gasteiger partial charge is 0.507 e. The van der Waals surface area contributed by atoms with E-state index in [1.54, 1.807) is 42.5 Å². The third-order valence-corrected chi connectivity index (χ3v) is 5.65. The lowest BCUT2D eigenvalue weighted by Crippen LogP contribution is -2.29. The lowest BCUT2D eigenvalue weighted by Gasteiger charge is -2.24. The summed E-state index contributed by atoms with van der Waals surface area (Å²) in [5.74, 6) is -1.41. The summed E-state index contributed by atoms with van der Waals surface area (Å²) >= 11 is 5.95. The number of nitrogens with zero attached hydrogens (tertiary/aromatic N) is 1. The first-order chi connectivity index (χ1) is 15.1. The highest BCUT2D eigenvalue weighted by molar-refractivity contribution is 6.52. The summed E-state index contributed by atoms with van der Waals surface area (Å²) in [7, 11) is 0. The first kappa shape index (κ1) is 19.2. The second-order valence-electron chi connectivity index (χ2n) is 7.19. The van der Waals surface area contributed by atoms with E-state index >= 15 is 0 Å². The van der Waals surface area contributed by atoms with Gasteiger partial charge in [-0.2, -0.15) is 0 Å². The Kier molecular flexibility index (Phi) is 4.60. The molecule has 1 unspecified atom stereocenters. The van der Waals surface area contributed by atoms with Crippen LogP contribution in [0.3, 0.4) is 0 Å². The van der Waals surface area contributed by atoms with Crippen LogP contribution in [0.4, 0.5) is 5.69 Å². The van der Waals surface area contributed by atoms with Crippen molar-refractivity contribution in [3.63, 3.8) is 0 Å². The molecule has 0 aliphatic carbocycles. The first-order valence-corrected chi connectivity index (χ1v) is 10.0. The molecule has 5 rings (SSSR count). The average molecular weight is 430 g/mol. The molecular formula is C25H16ClNO4. The Hall–Kier alpha value is -3.83.